The van der Waals surface area contributed by atoms with Gasteiger partial charge in [0.25, 0.3) is 0 Å². The number of methoxy groups -OCH3 is 1. The van der Waals surface area contributed by atoms with E-state index in [4.69, 9.17) is 23.7 Å². The third kappa shape index (κ3) is 2.78. The molecular formula is C27H44NO11-. The van der Waals surface area contributed by atoms with Crippen LogP contribution >= 0.6 is 0 Å². The molecule has 4 unspecified atom stereocenters. The highest BCUT2D eigenvalue weighted by Gasteiger charge is 2.89. The maximum Gasteiger partial charge on any atom is 0.223 e. The lowest BCUT2D eigenvalue weighted by atomic mass is 9.33. The van der Waals surface area contributed by atoms with E-state index in [1.54, 1.807) is 34.6 Å². The maximum absolute atomic E-state index is 12.4. The van der Waals surface area contributed by atoms with Crippen molar-refractivity contribution in [1.82, 2.24) is 5.32 Å². The number of ether oxygens (including phenoxy) is 5. The van der Waals surface area contributed by atoms with Crippen LogP contribution in [0.15, 0.2) is 0 Å². The maximum atomic E-state index is 12.4. The highest BCUT2D eigenvalue weighted by atomic mass is 16.8. The predicted octanol–water partition coefficient (Wildman–Crippen LogP) is -0.790. The molecule has 0 aromatic carbocycles. The molecule has 1 amide bonds. The van der Waals surface area contributed by atoms with Crippen LogP contribution in [-0.2, 0) is 33.3 Å². The first-order chi connectivity index (χ1) is 17.5. The van der Waals surface area contributed by atoms with Gasteiger partial charge in [0.1, 0.15) is 34.0 Å². The van der Waals surface area contributed by atoms with Gasteiger partial charge in [-0.15, -0.1) is 0 Å². The lowest BCUT2D eigenvalue weighted by molar-refractivity contribution is -0.594. The predicted molar refractivity (Wildman–Crippen MR) is 133 cm³/mol. The number of fused-ring (bicyclic) bond motifs is 4. The van der Waals surface area contributed by atoms with Crippen molar-refractivity contribution in [2.75, 3.05) is 26.9 Å². The van der Waals surface area contributed by atoms with Gasteiger partial charge < -0.3 is 54.2 Å². The Morgan fingerprint density at radius 1 is 0.949 bits per heavy atom. The fraction of sp³-hybridized carbons (Fsp3) is 0.926. The van der Waals surface area contributed by atoms with Crippen LogP contribution in [0.5, 0.6) is 0 Å². The van der Waals surface area contributed by atoms with Gasteiger partial charge in [0, 0.05) is 25.4 Å². The van der Waals surface area contributed by atoms with Crippen LogP contribution in [0, 0.1) is 16.7 Å². The zero-order valence-electron chi connectivity index (χ0n) is 24.8. The van der Waals surface area contributed by atoms with E-state index in [1.165, 1.54) is 27.9 Å². The summed E-state index contributed by atoms with van der Waals surface area (Å²) in [4.78, 5) is 24.9. The summed E-state index contributed by atoms with van der Waals surface area (Å²) in [5.41, 5.74) is -11.0. The van der Waals surface area contributed by atoms with Crippen molar-refractivity contribution in [2.45, 2.75) is 114 Å². The Hall–Kier alpha value is -1.38. The lowest BCUT2D eigenvalue weighted by Crippen LogP contribution is -2.97. The van der Waals surface area contributed by atoms with Crippen LogP contribution in [0.3, 0.4) is 0 Å². The third-order valence-electron chi connectivity index (χ3n) is 12.3. The molecule has 12 heteroatoms. The number of aliphatic carboxylic acids is 1. The van der Waals surface area contributed by atoms with Gasteiger partial charge in [-0.2, -0.15) is 0 Å². The minimum Gasteiger partial charge on any atom is -0.544 e. The fourth-order valence-electron chi connectivity index (χ4n) is 8.53. The van der Waals surface area contributed by atoms with Crippen LogP contribution in [0.4, 0.5) is 0 Å². The van der Waals surface area contributed by atoms with E-state index in [9.17, 15) is 30.0 Å². The first-order valence-corrected chi connectivity index (χ1v) is 13.3. The SMILES string of the molecule is CO[C@]1(C)OC2(C(=O)[O-])O[C@@](C)(C1(C)O)[C@]2(C)COC[C@]1(C)OC2(CO)[C@@H](C)[C@@](C)(C1(C)NC(C)=O)[C@]2(C)O. The Kier molecular flexibility index (Phi) is 6.20. The van der Waals surface area contributed by atoms with Crippen molar-refractivity contribution >= 4 is 11.9 Å². The van der Waals surface area contributed by atoms with Crippen molar-refractivity contribution in [1.29, 1.82) is 0 Å². The standard InChI is InChI=1S/C27H45NO11/c1-15-20(5)21(6,28-16(2)30)19(4,37-26(15,12-29)22(20,7)33)14-36-13-18(3)24(9)23(8,34)25(10,35-11)39-27(18,38-24)17(31)32/h15,29,33-34H,12-14H2,1-11H3,(H,28,30)(H,31,32)/p-1/t15-,18-,19-,20-,21?,22-,23?,24+,25+,26?,27?/m0/s1. The van der Waals surface area contributed by atoms with E-state index >= 15 is 0 Å². The van der Waals surface area contributed by atoms with E-state index in [-0.39, 0.29) is 25.0 Å². The average Bonchev–Trinajstić information content (AvgIpc) is 2.82. The van der Waals surface area contributed by atoms with Crippen molar-refractivity contribution in [3.63, 3.8) is 0 Å². The van der Waals surface area contributed by atoms with E-state index < -0.39 is 68.5 Å². The number of aliphatic hydroxyl groups is 3. The van der Waals surface area contributed by atoms with Crippen LogP contribution < -0.4 is 10.4 Å². The Morgan fingerprint density at radius 2 is 1.51 bits per heavy atom. The van der Waals surface area contributed by atoms with Gasteiger partial charge in [0.15, 0.2) is 5.79 Å². The van der Waals surface area contributed by atoms with Gasteiger partial charge in [-0.3, -0.25) is 4.79 Å². The monoisotopic (exact) mass is 558 g/mol. The summed E-state index contributed by atoms with van der Waals surface area (Å²) in [6.45, 7) is 15.2. The number of amides is 1. The molecule has 11 atom stereocenters. The Balaban J connectivity index is 1.70. The molecule has 1 aliphatic carbocycles. The molecule has 0 aromatic heterocycles. The Labute approximate surface area is 229 Å². The highest BCUT2D eigenvalue weighted by Crippen LogP contribution is 2.74. The van der Waals surface area contributed by atoms with Crippen LogP contribution in [0.25, 0.3) is 0 Å². The molecule has 12 nitrogen and oxygen atoms in total. The Bertz CT molecular complexity index is 1100. The summed E-state index contributed by atoms with van der Waals surface area (Å²) in [6.07, 6.45) is 0. The van der Waals surface area contributed by atoms with E-state index in [0.717, 1.165) is 0 Å². The Morgan fingerprint density at radius 3 is 1.95 bits per heavy atom. The number of nitrogens with one attached hydrogen (secondary N) is 1. The first-order valence-electron chi connectivity index (χ1n) is 13.3. The lowest BCUT2D eigenvalue weighted by Gasteiger charge is -2.82. The molecule has 0 spiro atoms. The van der Waals surface area contributed by atoms with Crippen LogP contribution in [0.2, 0.25) is 0 Å². The van der Waals surface area contributed by atoms with E-state index in [1.807, 2.05) is 13.8 Å². The minimum absolute atomic E-state index is 0.178. The molecule has 6 fully saturated rings. The minimum atomic E-state index is -2.29. The molecule has 4 bridgehead atoms. The molecular weight excluding hydrogens is 514 g/mol. The second-order valence-corrected chi connectivity index (χ2v) is 13.4. The van der Waals surface area contributed by atoms with E-state index in [0.29, 0.717) is 0 Å². The van der Waals surface area contributed by atoms with Crippen LogP contribution in [-0.4, -0.2) is 99.2 Å². The quantitative estimate of drug-likeness (QED) is 0.294. The summed E-state index contributed by atoms with van der Waals surface area (Å²) in [5, 5.41) is 49.0. The molecule has 6 aliphatic rings. The summed E-state index contributed by atoms with van der Waals surface area (Å²) < 4.78 is 29.7. The molecule has 224 valence electrons. The van der Waals surface area contributed by atoms with Gasteiger partial charge in [-0.25, -0.2) is 0 Å². The molecule has 5 heterocycles. The van der Waals surface area contributed by atoms with Crippen LogP contribution in [0.1, 0.15) is 69.2 Å². The first kappa shape index (κ1) is 30.6. The zero-order valence-corrected chi connectivity index (χ0v) is 24.8. The molecule has 0 aromatic rings. The molecule has 4 N–H and O–H groups in total. The fourth-order valence-corrected chi connectivity index (χ4v) is 8.53. The molecule has 6 rings (SSSR count). The normalized spacial score (nSPS) is 57.7. The molecule has 0 radical (unpaired) electrons. The number of hydrogen-bond acceptors (Lipinski definition) is 11. The van der Waals surface area contributed by atoms with Crippen molar-refractivity contribution < 1.29 is 53.7 Å². The number of hydrogen-bond donors (Lipinski definition) is 4. The summed E-state index contributed by atoms with van der Waals surface area (Å²) >= 11 is 0. The summed E-state index contributed by atoms with van der Waals surface area (Å²) in [6, 6.07) is 0. The van der Waals surface area contributed by atoms with Gasteiger partial charge in [-0.05, 0) is 48.5 Å². The molecule has 5 saturated heterocycles. The van der Waals surface area contributed by atoms with Gasteiger partial charge in [0.2, 0.25) is 11.7 Å². The van der Waals surface area contributed by atoms with Crippen molar-refractivity contribution in [3.8, 4) is 0 Å². The van der Waals surface area contributed by atoms with Gasteiger partial charge >= 0.3 is 0 Å². The average molecular weight is 559 g/mol. The molecule has 1 saturated carbocycles. The summed E-state index contributed by atoms with van der Waals surface area (Å²) in [7, 11) is 1.29. The summed E-state index contributed by atoms with van der Waals surface area (Å²) in [5.74, 6) is -6.36. The zero-order chi connectivity index (χ0) is 30.1. The van der Waals surface area contributed by atoms with Crippen molar-refractivity contribution in [2.24, 2.45) is 16.7 Å². The number of rotatable bonds is 8. The number of carbonyl (C=O) groups excluding carboxylic acids is 2. The topological polar surface area (TPSA) is 176 Å². The number of aliphatic hydroxyl groups excluding tert-OH is 1. The largest absolute Gasteiger partial charge is 0.544 e. The molecule has 5 aliphatic heterocycles. The number of carboxylic acids is 1. The second-order valence-electron chi connectivity index (χ2n) is 13.4. The third-order valence-corrected chi connectivity index (χ3v) is 12.3. The number of carbonyl (C=O) groups is 2. The molecule has 39 heavy (non-hydrogen) atoms. The van der Waals surface area contributed by atoms with Gasteiger partial charge in [0.05, 0.1) is 30.8 Å². The smallest absolute Gasteiger partial charge is 0.223 e. The van der Waals surface area contributed by atoms with E-state index in [2.05, 4.69) is 5.32 Å². The second kappa shape index (κ2) is 7.91. The van der Waals surface area contributed by atoms with Gasteiger partial charge in [-0.1, -0.05) is 13.8 Å². The highest BCUT2D eigenvalue weighted by molar-refractivity contribution is 5.78. The van der Waals surface area contributed by atoms with Crippen molar-refractivity contribution in [3.05, 3.63) is 0 Å². The number of carboxylic acid groups (broad SMARTS) is 1.